The largest absolute Gasteiger partial charge is 0.489 e. The second-order valence-electron chi connectivity index (χ2n) is 11.3. The van der Waals surface area contributed by atoms with Gasteiger partial charge < -0.3 is 19.5 Å². The van der Waals surface area contributed by atoms with Gasteiger partial charge in [0.1, 0.15) is 24.0 Å². The zero-order valence-electron chi connectivity index (χ0n) is 24.3. The molecule has 1 aliphatic rings. The molecular formula is C32H33F3N2O6. The Hall–Kier alpha value is -4.54. The SMILES string of the molecule is CN(C(=O)OC(C)(C)C)[C@H](CC(=O)N1CCc2cc(OCc3ccc(-c4ccccc4)c(C(F)(F)F)c3)ccc21)C(=O)O. The molecule has 1 aliphatic heterocycles. The highest BCUT2D eigenvalue weighted by Gasteiger charge is 2.36. The molecule has 1 N–H and O–H groups in total. The predicted octanol–water partition coefficient (Wildman–Crippen LogP) is 6.55. The van der Waals surface area contributed by atoms with Crippen LogP contribution in [0.25, 0.3) is 11.1 Å². The Bertz CT molecular complexity index is 1500. The van der Waals surface area contributed by atoms with Crippen LogP contribution in [-0.2, 0) is 33.5 Å². The lowest BCUT2D eigenvalue weighted by Crippen LogP contribution is -2.47. The number of benzene rings is 3. The minimum atomic E-state index is -4.55. The third kappa shape index (κ3) is 7.65. The van der Waals surface area contributed by atoms with Crippen molar-refractivity contribution in [2.75, 3.05) is 18.5 Å². The van der Waals surface area contributed by atoms with Crippen LogP contribution >= 0.6 is 0 Å². The molecule has 3 aromatic rings. The van der Waals surface area contributed by atoms with Gasteiger partial charge >= 0.3 is 18.2 Å². The number of fused-ring (bicyclic) bond motifs is 1. The molecule has 0 aromatic heterocycles. The van der Waals surface area contributed by atoms with Gasteiger partial charge in [-0.1, -0.05) is 42.5 Å². The highest BCUT2D eigenvalue weighted by molar-refractivity contribution is 5.98. The first-order valence-electron chi connectivity index (χ1n) is 13.6. The average Bonchev–Trinajstić information content (AvgIpc) is 3.36. The number of ether oxygens (including phenoxy) is 2. The van der Waals surface area contributed by atoms with E-state index >= 15 is 0 Å². The molecule has 0 bridgehead atoms. The van der Waals surface area contributed by atoms with Gasteiger partial charge in [0.15, 0.2) is 0 Å². The molecule has 3 aromatic carbocycles. The molecule has 0 saturated carbocycles. The maximum atomic E-state index is 13.9. The van der Waals surface area contributed by atoms with Crippen molar-refractivity contribution in [2.45, 2.75) is 58.0 Å². The van der Waals surface area contributed by atoms with E-state index in [9.17, 15) is 32.7 Å². The third-order valence-electron chi connectivity index (χ3n) is 6.93. The van der Waals surface area contributed by atoms with Gasteiger partial charge in [-0.25, -0.2) is 9.59 Å². The Balaban J connectivity index is 1.44. The topological polar surface area (TPSA) is 96.4 Å². The van der Waals surface area contributed by atoms with Crippen molar-refractivity contribution >= 4 is 23.7 Å². The molecule has 0 fully saturated rings. The highest BCUT2D eigenvalue weighted by atomic mass is 19.4. The predicted molar refractivity (Wildman–Crippen MR) is 154 cm³/mol. The first-order chi connectivity index (χ1) is 20.1. The van der Waals surface area contributed by atoms with Crippen LogP contribution in [0.2, 0.25) is 0 Å². The summed E-state index contributed by atoms with van der Waals surface area (Å²) in [4.78, 5) is 39.8. The molecule has 0 saturated heterocycles. The summed E-state index contributed by atoms with van der Waals surface area (Å²) in [6.45, 7) is 5.16. The van der Waals surface area contributed by atoms with Gasteiger partial charge in [-0.15, -0.1) is 0 Å². The van der Waals surface area contributed by atoms with Crippen LogP contribution in [-0.4, -0.2) is 53.2 Å². The zero-order valence-corrected chi connectivity index (χ0v) is 24.3. The van der Waals surface area contributed by atoms with E-state index in [1.807, 2.05) is 0 Å². The fraction of sp³-hybridized carbons (Fsp3) is 0.344. The lowest BCUT2D eigenvalue weighted by atomic mass is 9.97. The van der Waals surface area contributed by atoms with Gasteiger partial charge in [0.25, 0.3) is 0 Å². The van der Waals surface area contributed by atoms with E-state index in [1.54, 1.807) is 75.4 Å². The number of anilines is 1. The van der Waals surface area contributed by atoms with Crippen LogP contribution < -0.4 is 9.64 Å². The quantitative estimate of drug-likeness (QED) is 0.316. The molecular weight excluding hydrogens is 565 g/mol. The van der Waals surface area contributed by atoms with Crippen LogP contribution in [0.5, 0.6) is 5.75 Å². The van der Waals surface area contributed by atoms with Crippen molar-refractivity contribution in [3.05, 3.63) is 83.4 Å². The molecule has 43 heavy (non-hydrogen) atoms. The second kappa shape index (κ2) is 12.4. The minimum absolute atomic E-state index is 0.0848. The smallest absolute Gasteiger partial charge is 0.417 e. The van der Waals surface area contributed by atoms with Crippen LogP contribution in [0.15, 0.2) is 66.7 Å². The van der Waals surface area contributed by atoms with Crippen molar-refractivity contribution in [1.82, 2.24) is 4.90 Å². The molecule has 0 radical (unpaired) electrons. The molecule has 0 unspecified atom stereocenters. The van der Waals surface area contributed by atoms with Gasteiger partial charge in [0, 0.05) is 19.3 Å². The number of alkyl halides is 3. The summed E-state index contributed by atoms with van der Waals surface area (Å²) in [5.41, 5.74) is 0.658. The number of hydrogen-bond donors (Lipinski definition) is 1. The number of nitrogens with zero attached hydrogens (tertiary/aromatic N) is 2. The third-order valence-corrected chi connectivity index (χ3v) is 6.93. The molecule has 4 rings (SSSR count). The molecule has 8 nitrogen and oxygen atoms in total. The lowest BCUT2D eigenvalue weighted by Gasteiger charge is -2.29. The van der Waals surface area contributed by atoms with E-state index in [-0.39, 0.29) is 12.2 Å². The van der Waals surface area contributed by atoms with Crippen molar-refractivity contribution in [3.8, 4) is 16.9 Å². The summed E-state index contributed by atoms with van der Waals surface area (Å²) >= 11 is 0. The molecule has 0 spiro atoms. The van der Waals surface area contributed by atoms with E-state index < -0.39 is 47.8 Å². The van der Waals surface area contributed by atoms with Crippen LogP contribution in [0.1, 0.15) is 43.9 Å². The Morgan fingerprint density at radius 3 is 2.33 bits per heavy atom. The lowest BCUT2D eigenvalue weighted by molar-refractivity contribution is -0.144. The summed E-state index contributed by atoms with van der Waals surface area (Å²) in [6.07, 6.45) is -5.38. The number of carboxylic acid groups (broad SMARTS) is 1. The number of carboxylic acids is 1. The van der Waals surface area contributed by atoms with E-state index in [0.717, 1.165) is 16.5 Å². The number of hydrogen-bond acceptors (Lipinski definition) is 5. The van der Waals surface area contributed by atoms with Crippen molar-refractivity contribution in [1.29, 1.82) is 0 Å². The fourth-order valence-corrected chi connectivity index (χ4v) is 4.81. The monoisotopic (exact) mass is 598 g/mol. The van der Waals surface area contributed by atoms with E-state index in [2.05, 4.69) is 0 Å². The standard InChI is InChI=1S/C32H33F3N2O6/c1-31(2,3)43-30(41)36(4)27(29(39)40)18-28(38)37-15-14-22-17-23(11-13-26(22)37)42-19-20-10-12-24(21-8-6-5-7-9-21)25(16-20)32(33,34)35/h5-13,16-17,27H,14-15,18-19H2,1-4H3,(H,39,40)/t27-/m1/s1. The number of aliphatic carboxylic acids is 1. The number of rotatable bonds is 8. The van der Waals surface area contributed by atoms with Crippen molar-refractivity contribution < 1.29 is 42.1 Å². The zero-order chi connectivity index (χ0) is 31.5. The summed E-state index contributed by atoms with van der Waals surface area (Å²) in [7, 11) is 1.27. The summed E-state index contributed by atoms with van der Waals surface area (Å²) in [5, 5.41) is 9.70. The number of amides is 2. The Morgan fingerprint density at radius 1 is 1.00 bits per heavy atom. The normalized spacial score (nSPS) is 13.7. The maximum absolute atomic E-state index is 13.9. The van der Waals surface area contributed by atoms with Crippen LogP contribution in [0, 0.1) is 0 Å². The van der Waals surface area contributed by atoms with Gasteiger partial charge in [-0.05, 0) is 73.7 Å². The Morgan fingerprint density at radius 2 is 1.70 bits per heavy atom. The number of likely N-dealkylation sites (N-methyl/N-ethyl adjacent to an activating group) is 1. The highest BCUT2D eigenvalue weighted by Crippen LogP contribution is 2.38. The second-order valence-corrected chi connectivity index (χ2v) is 11.3. The molecule has 0 aliphatic carbocycles. The van der Waals surface area contributed by atoms with E-state index in [0.29, 0.717) is 35.5 Å². The van der Waals surface area contributed by atoms with Crippen molar-refractivity contribution in [2.24, 2.45) is 0 Å². The summed E-state index contributed by atoms with van der Waals surface area (Å²) in [5.74, 6) is -1.40. The molecule has 228 valence electrons. The van der Waals surface area contributed by atoms with Gasteiger partial charge in [0.2, 0.25) is 5.91 Å². The number of carbonyl (C=O) groups excluding carboxylic acids is 2. The van der Waals surface area contributed by atoms with Gasteiger partial charge in [0.05, 0.1) is 12.0 Å². The molecule has 1 heterocycles. The van der Waals surface area contributed by atoms with Crippen LogP contribution in [0.3, 0.4) is 0 Å². The van der Waals surface area contributed by atoms with Crippen molar-refractivity contribution in [3.63, 3.8) is 0 Å². The Kier molecular flexibility index (Phi) is 9.03. The summed E-state index contributed by atoms with van der Waals surface area (Å²) < 4.78 is 52.7. The van der Waals surface area contributed by atoms with E-state index in [1.165, 1.54) is 18.0 Å². The van der Waals surface area contributed by atoms with Gasteiger partial charge in [-0.2, -0.15) is 13.2 Å². The summed E-state index contributed by atoms with van der Waals surface area (Å²) in [6, 6.07) is 16.0. The maximum Gasteiger partial charge on any atom is 0.417 e. The molecule has 1 atom stereocenters. The molecule has 2 amide bonds. The number of carbonyl (C=O) groups is 3. The fourth-order valence-electron chi connectivity index (χ4n) is 4.81. The minimum Gasteiger partial charge on any atom is -0.489 e. The first-order valence-corrected chi connectivity index (χ1v) is 13.6. The van der Waals surface area contributed by atoms with E-state index in [4.69, 9.17) is 9.47 Å². The van der Waals surface area contributed by atoms with Gasteiger partial charge in [-0.3, -0.25) is 9.69 Å². The van der Waals surface area contributed by atoms with Crippen LogP contribution in [0.4, 0.5) is 23.7 Å². The number of halogens is 3. The first kappa shape index (κ1) is 31.4. The average molecular weight is 599 g/mol. The Labute approximate surface area is 247 Å². The molecule has 11 heteroatoms.